The Labute approximate surface area is 111 Å². The van der Waals surface area contributed by atoms with Gasteiger partial charge in [-0.3, -0.25) is 0 Å². The first-order valence-corrected chi connectivity index (χ1v) is 7.71. The van der Waals surface area contributed by atoms with Crippen LogP contribution in [0.15, 0.2) is 0 Å². The molecule has 0 atom stereocenters. The summed E-state index contributed by atoms with van der Waals surface area (Å²) in [6, 6.07) is 0. The van der Waals surface area contributed by atoms with Crippen molar-refractivity contribution in [2.75, 3.05) is 0 Å². The van der Waals surface area contributed by atoms with E-state index in [0.29, 0.717) is 0 Å². The molecule has 0 fully saturated rings. The Balaban J connectivity index is -0.000000197. The van der Waals surface area contributed by atoms with E-state index in [0.717, 1.165) is 0 Å². The van der Waals surface area contributed by atoms with E-state index in [4.69, 9.17) is 37.3 Å². The van der Waals surface area contributed by atoms with Crippen molar-refractivity contribution in [3.05, 3.63) is 0 Å². The smallest absolute Gasteiger partial charge is 0.0777 e. The zero-order valence-electron chi connectivity index (χ0n) is 10.3. The van der Waals surface area contributed by atoms with Gasteiger partial charge in [0.2, 0.25) is 0 Å². The lowest BCUT2D eigenvalue weighted by atomic mass is 10.1. The molecule has 0 unspecified atom stereocenters. The fraction of sp³-hybridized carbons (Fsp3) is 1.00. The molecule has 18 heavy (non-hydrogen) atoms. The van der Waals surface area contributed by atoms with Gasteiger partial charge in [0.15, 0.2) is 0 Å². The predicted octanol–water partition coefficient (Wildman–Crippen LogP) is -4.88. The lowest BCUT2D eigenvalue weighted by Crippen LogP contribution is -2.58. The summed E-state index contributed by atoms with van der Waals surface area (Å²) < 4.78 is 65.4. The van der Waals surface area contributed by atoms with Crippen LogP contribution in [0.2, 0.25) is 0 Å². The maximum atomic E-state index is 8.60. The monoisotopic (exact) mass is 314 g/mol. The third-order valence-corrected chi connectivity index (χ3v) is 1.46. The Morgan fingerprint density at radius 1 is 0.611 bits per heavy atom. The standard InChI is InChI=1S/C8H18.2ClHO4/c1-3-5-7-8-6-4-2;2*2-1(3,4)5/h3-8H2,1-2H3;2*(H,2,3,4,5). The first kappa shape index (κ1) is 23.4. The van der Waals surface area contributed by atoms with Crippen molar-refractivity contribution in [1.29, 1.82) is 0 Å². The predicted molar refractivity (Wildman–Crippen MR) is 43.5 cm³/mol. The van der Waals surface area contributed by atoms with E-state index < -0.39 is 20.5 Å². The topological polar surface area (TPSA) is 179 Å². The molecule has 0 aromatic rings. The minimum absolute atomic E-state index is 1.36. The summed E-state index contributed by atoms with van der Waals surface area (Å²) in [5, 5.41) is 0. The van der Waals surface area contributed by atoms with Gasteiger partial charge in [-0.1, -0.05) is 52.4 Å². The summed E-state index contributed by atoms with van der Waals surface area (Å²) in [4.78, 5) is 0. The molecule has 0 rings (SSSR count). The molecule has 0 aromatic heterocycles. The largest absolute Gasteiger partial charge is 0.183 e. The Bertz CT molecular complexity index is 126. The van der Waals surface area contributed by atoms with Crippen LogP contribution in [-0.4, -0.2) is 9.32 Å². The molecule has 2 N–H and O–H groups in total. The molecule has 0 bridgehead atoms. The highest BCUT2D eigenvalue weighted by atomic mass is 35.7. The molecule has 0 aliphatic carbocycles. The van der Waals surface area contributed by atoms with E-state index in [-0.39, 0.29) is 0 Å². The van der Waals surface area contributed by atoms with Gasteiger partial charge in [-0.05, 0) is 0 Å². The van der Waals surface area contributed by atoms with Crippen LogP contribution in [0.3, 0.4) is 0 Å². The van der Waals surface area contributed by atoms with Crippen LogP contribution in [0.1, 0.15) is 52.4 Å². The highest BCUT2D eigenvalue weighted by Gasteiger charge is 1.99. The van der Waals surface area contributed by atoms with Crippen LogP contribution < -0.4 is 28.0 Å². The third kappa shape index (κ3) is 137. The van der Waals surface area contributed by atoms with Gasteiger partial charge in [-0.2, -0.15) is 28.0 Å². The van der Waals surface area contributed by atoms with Gasteiger partial charge in [-0.15, -0.1) is 0 Å². The molecule has 0 aliphatic rings. The minimum atomic E-state index is -4.69. The fourth-order valence-electron chi connectivity index (χ4n) is 0.854. The third-order valence-electron chi connectivity index (χ3n) is 1.46. The van der Waals surface area contributed by atoms with E-state index in [1.165, 1.54) is 38.5 Å². The van der Waals surface area contributed by atoms with Crippen LogP contribution >= 0.6 is 0 Å². The summed E-state index contributed by atoms with van der Waals surface area (Å²) in [7, 11) is -9.39. The van der Waals surface area contributed by atoms with Gasteiger partial charge in [0.25, 0.3) is 0 Å². The molecule has 0 aliphatic heterocycles. The maximum Gasteiger partial charge on any atom is 0.0777 e. The molecular weight excluding hydrogens is 295 g/mol. The second-order valence-corrected chi connectivity index (χ2v) is 4.79. The van der Waals surface area contributed by atoms with Gasteiger partial charge in [-0.25, -0.2) is 0 Å². The summed E-state index contributed by atoms with van der Waals surface area (Å²) in [5.74, 6) is 0. The van der Waals surface area contributed by atoms with Crippen molar-refractivity contribution in [2.24, 2.45) is 0 Å². The Kier molecular flexibility index (Phi) is 17.8. The molecule has 10 heteroatoms. The van der Waals surface area contributed by atoms with Gasteiger partial charge >= 0.3 is 0 Å². The van der Waals surface area contributed by atoms with Crippen LogP contribution in [0.4, 0.5) is 0 Å². The average molecular weight is 315 g/mol. The number of hydrogen-bond acceptors (Lipinski definition) is 8. The van der Waals surface area contributed by atoms with Gasteiger partial charge in [0.05, 0.1) is 29.8 Å². The van der Waals surface area contributed by atoms with Gasteiger partial charge < -0.3 is 0 Å². The number of halogens is 2. The molecule has 0 saturated carbocycles. The van der Waals surface area contributed by atoms with E-state index in [1.807, 2.05) is 0 Å². The lowest BCUT2D eigenvalue weighted by Gasteiger charge is -2.03. The Hall–Kier alpha value is 0.260. The zero-order chi connectivity index (χ0) is 15.2. The first-order valence-electron chi connectivity index (χ1n) is 5.18. The summed E-state index contributed by atoms with van der Waals surface area (Å²) in [5.41, 5.74) is 0. The number of rotatable bonds is 5. The van der Waals surface area contributed by atoms with Gasteiger partial charge in [0.1, 0.15) is 0 Å². The van der Waals surface area contributed by atoms with Crippen molar-refractivity contribution < 1.29 is 57.8 Å². The highest BCUT2D eigenvalue weighted by molar-refractivity contribution is 4.39. The minimum Gasteiger partial charge on any atom is -0.183 e. The maximum absolute atomic E-state index is 8.60. The molecule has 114 valence electrons. The van der Waals surface area contributed by atoms with E-state index in [2.05, 4.69) is 13.8 Å². The lowest BCUT2D eigenvalue weighted by molar-refractivity contribution is -1.92. The Morgan fingerprint density at radius 2 is 0.778 bits per heavy atom. The van der Waals surface area contributed by atoms with Crippen LogP contribution in [0.25, 0.3) is 0 Å². The molecule has 0 spiro atoms. The van der Waals surface area contributed by atoms with Crippen molar-refractivity contribution in [3.63, 3.8) is 0 Å². The molecule has 0 radical (unpaired) electrons. The molecule has 0 amide bonds. The highest BCUT2D eigenvalue weighted by Crippen LogP contribution is 2.03. The molecule has 0 aromatic carbocycles. The Morgan fingerprint density at radius 3 is 0.889 bits per heavy atom. The van der Waals surface area contributed by atoms with E-state index in [9.17, 15) is 0 Å². The molecule has 0 saturated heterocycles. The van der Waals surface area contributed by atoms with Crippen molar-refractivity contribution in [3.8, 4) is 0 Å². The fourth-order valence-corrected chi connectivity index (χ4v) is 0.854. The summed E-state index contributed by atoms with van der Waals surface area (Å²) in [6.45, 7) is 4.51. The second kappa shape index (κ2) is 13.7. The zero-order valence-corrected chi connectivity index (χ0v) is 11.9. The van der Waals surface area contributed by atoms with E-state index >= 15 is 0 Å². The van der Waals surface area contributed by atoms with Crippen molar-refractivity contribution in [1.82, 2.24) is 0 Å². The van der Waals surface area contributed by atoms with Crippen LogP contribution in [0.5, 0.6) is 0 Å². The number of hydrogen-bond donors (Lipinski definition) is 2. The average Bonchev–Trinajstić information content (AvgIpc) is 2.07. The normalized spacial score (nSPS) is 11.0. The second-order valence-electron chi connectivity index (χ2n) is 3.21. The van der Waals surface area contributed by atoms with Gasteiger partial charge in [0, 0.05) is 0 Å². The number of unbranched alkanes of at least 4 members (excludes halogenated alkanes) is 5. The molecule has 8 nitrogen and oxygen atoms in total. The molecular formula is C8H20Cl2O8. The van der Waals surface area contributed by atoms with E-state index in [1.54, 1.807) is 0 Å². The van der Waals surface area contributed by atoms with Crippen molar-refractivity contribution in [2.45, 2.75) is 52.4 Å². The van der Waals surface area contributed by atoms with Crippen molar-refractivity contribution >= 4 is 0 Å². The summed E-state index contributed by atoms with van der Waals surface area (Å²) >= 11 is 0. The summed E-state index contributed by atoms with van der Waals surface area (Å²) in [6.07, 6.45) is 8.49. The first-order chi connectivity index (χ1) is 7.91. The van der Waals surface area contributed by atoms with Crippen LogP contribution in [0, 0.1) is 20.5 Å². The molecule has 0 heterocycles. The quantitative estimate of drug-likeness (QED) is 0.474. The SMILES string of the molecule is CCCCCCCC.[O-][Cl+3]([O-])([O-])O.[O-][Cl+3]([O-])([O-])O. The van der Waals surface area contributed by atoms with Crippen LogP contribution in [-0.2, 0) is 0 Å².